The molecule has 2 rings (SSSR count). The van der Waals surface area contributed by atoms with Crippen molar-refractivity contribution in [2.75, 3.05) is 19.3 Å². The molecule has 1 aliphatic rings. The maximum Gasteiger partial charge on any atom is 0.288 e. The van der Waals surface area contributed by atoms with Gasteiger partial charge in [0.05, 0.1) is 4.92 Å². The third-order valence-electron chi connectivity index (χ3n) is 3.70. The molecular formula is C14H18N2O5S. The zero-order valence-corrected chi connectivity index (χ0v) is 13.1. The van der Waals surface area contributed by atoms with Crippen molar-refractivity contribution in [3.63, 3.8) is 0 Å². The van der Waals surface area contributed by atoms with Gasteiger partial charge < -0.3 is 4.90 Å². The van der Waals surface area contributed by atoms with Gasteiger partial charge in [-0.2, -0.15) is 0 Å². The van der Waals surface area contributed by atoms with E-state index in [0.29, 0.717) is 13.1 Å². The van der Waals surface area contributed by atoms with Crippen LogP contribution in [0.15, 0.2) is 23.1 Å². The first kappa shape index (κ1) is 16.4. The molecule has 1 aromatic carbocycles. The van der Waals surface area contributed by atoms with Crippen LogP contribution in [0.4, 0.5) is 5.69 Å². The maximum atomic E-state index is 12.4. The Morgan fingerprint density at radius 1 is 1.18 bits per heavy atom. The third kappa shape index (κ3) is 3.62. The Morgan fingerprint density at radius 2 is 1.77 bits per heavy atom. The number of nitrogens with zero attached hydrogens (tertiary/aromatic N) is 2. The quantitative estimate of drug-likeness (QED) is 0.625. The van der Waals surface area contributed by atoms with E-state index < -0.39 is 20.4 Å². The molecule has 0 saturated carbocycles. The zero-order chi connectivity index (χ0) is 16.3. The molecule has 1 fully saturated rings. The highest BCUT2D eigenvalue weighted by Crippen LogP contribution is 2.26. The van der Waals surface area contributed by atoms with E-state index in [2.05, 4.69) is 0 Å². The van der Waals surface area contributed by atoms with Crippen molar-refractivity contribution >= 4 is 21.4 Å². The van der Waals surface area contributed by atoms with E-state index in [1.165, 1.54) is 6.07 Å². The molecule has 120 valence electrons. The second-order valence-corrected chi connectivity index (χ2v) is 7.40. The van der Waals surface area contributed by atoms with Crippen LogP contribution in [0.3, 0.4) is 0 Å². The van der Waals surface area contributed by atoms with E-state index in [-0.39, 0.29) is 16.4 Å². The molecule has 0 radical (unpaired) electrons. The van der Waals surface area contributed by atoms with Gasteiger partial charge in [-0.25, -0.2) is 8.42 Å². The maximum absolute atomic E-state index is 12.4. The largest absolute Gasteiger partial charge is 0.339 e. The van der Waals surface area contributed by atoms with E-state index in [0.717, 1.165) is 44.1 Å². The summed E-state index contributed by atoms with van der Waals surface area (Å²) in [5, 5.41) is 11.1. The van der Waals surface area contributed by atoms with Crippen molar-refractivity contribution in [1.82, 2.24) is 4.90 Å². The molecule has 0 bridgehead atoms. The fraction of sp³-hybridized carbons (Fsp3) is 0.500. The van der Waals surface area contributed by atoms with Gasteiger partial charge in [-0.1, -0.05) is 12.8 Å². The minimum absolute atomic E-state index is 0.154. The molecule has 1 aromatic rings. The topological polar surface area (TPSA) is 97.6 Å². The average Bonchev–Trinajstić information content (AvgIpc) is 2.74. The fourth-order valence-electron chi connectivity index (χ4n) is 2.56. The molecule has 0 aromatic heterocycles. The van der Waals surface area contributed by atoms with Gasteiger partial charge in [-0.05, 0) is 25.0 Å². The molecule has 1 saturated heterocycles. The summed E-state index contributed by atoms with van der Waals surface area (Å²) in [4.78, 5) is 24.1. The van der Waals surface area contributed by atoms with Crippen molar-refractivity contribution in [3.05, 3.63) is 33.9 Å². The van der Waals surface area contributed by atoms with Gasteiger partial charge in [0.2, 0.25) is 0 Å². The highest BCUT2D eigenvalue weighted by Gasteiger charge is 2.25. The van der Waals surface area contributed by atoms with E-state index >= 15 is 0 Å². The number of hydrogen-bond acceptors (Lipinski definition) is 5. The molecule has 0 atom stereocenters. The first-order valence-electron chi connectivity index (χ1n) is 7.08. The number of rotatable bonds is 3. The highest BCUT2D eigenvalue weighted by atomic mass is 32.2. The fourth-order valence-corrected chi connectivity index (χ4v) is 3.39. The lowest BCUT2D eigenvalue weighted by Gasteiger charge is -2.20. The Hall–Kier alpha value is -1.96. The van der Waals surface area contributed by atoms with E-state index in [9.17, 15) is 23.3 Å². The minimum atomic E-state index is -3.72. The normalized spacial score (nSPS) is 16.1. The van der Waals surface area contributed by atoms with E-state index in [4.69, 9.17) is 0 Å². The summed E-state index contributed by atoms with van der Waals surface area (Å²) in [7, 11) is -3.72. The SMILES string of the molecule is CS(=O)(=O)c1ccc(C(=O)N2CCCCCC2)cc1[N+](=O)[O-]. The highest BCUT2D eigenvalue weighted by molar-refractivity contribution is 7.90. The van der Waals surface area contributed by atoms with Crippen LogP contribution < -0.4 is 0 Å². The summed E-state index contributed by atoms with van der Waals surface area (Å²) in [5.74, 6) is -0.287. The molecule has 7 nitrogen and oxygen atoms in total. The van der Waals surface area contributed by atoms with Gasteiger partial charge in [0.15, 0.2) is 9.84 Å². The Morgan fingerprint density at radius 3 is 2.27 bits per heavy atom. The number of hydrogen-bond donors (Lipinski definition) is 0. The molecule has 0 spiro atoms. The van der Waals surface area contributed by atoms with Crippen molar-refractivity contribution in [2.45, 2.75) is 30.6 Å². The van der Waals surface area contributed by atoms with Gasteiger partial charge in [0.25, 0.3) is 11.6 Å². The van der Waals surface area contributed by atoms with Crippen LogP contribution in [0.5, 0.6) is 0 Å². The number of likely N-dealkylation sites (tertiary alicyclic amines) is 1. The number of carbonyl (C=O) groups is 1. The summed E-state index contributed by atoms with van der Waals surface area (Å²) in [5.41, 5.74) is -0.399. The van der Waals surface area contributed by atoms with Gasteiger partial charge >= 0.3 is 0 Å². The number of carbonyl (C=O) groups excluding carboxylic acids is 1. The molecule has 0 unspecified atom stereocenters. The van der Waals surface area contributed by atoms with Crippen LogP contribution in [-0.2, 0) is 9.84 Å². The van der Waals surface area contributed by atoms with Crippen LogP contribution in [0.25, 0.3) is 0 Å². The summed E-state index contributed by atoms with van der Waals surface area (Å²) in [6, 6.07) is 3.54. The van der Waals surface area contributed by atoms with Crippen LogP contribution in [0.2, 0.25) is 0 Å². The average molecular weight is 326 g/mol. The van der Waals surface area contributed by atoms with Crippen LogP contribution in [-0.4, -0.2) is 43.5 Å². The number of nitro groups is 1. The molecule has 22 heavy (non-hydrogen) atoms. The predicted molar refractivity (Wildman–Crippen MR) is 80.6 cm³/mol. The Bertz CT molecular complexity index is 691. The lowest BCUT2D eigenvalue weighted by atomic mass is 10.1. The van der Waals surface area contributed by atoms with Crippen LogP contribution in [0, 0.1) is 10.1 Å². The number of benzene rings is 1. The zero-order valence-electron chi connectivity index (χ0n) is 12.3. The molecule has 8 heteroatoms. The Kier molecular flexibility index (Phi) is 4.80. The summed E-state index contributed by atoms with van der Waals surface area (Å²) in [6.07, 6.45) is 4.87. The smallest absolute Gasteiger partial charge is 0.288 e. The summed E-state index contributed by atoms with van der Waals surface area (Å²) >= 11 is 0. The molecule has 1 aliphatic heterocycles. The molecule has 0 N–H and O–H groups in total. The van der Waals surface area contributed by atoms with Gasteiger partial charge in [0, 0.05) is 31.0 Å². The van der Waals surface area contributed by atoms with Crippen molar-refractivity contribution in [3.8, 4) is 0 Å². The first-order chi connectivity index (χ1) is 10.3. The minimum Gasteiger partial charge on any atom is -0.339 e. The third-order valence-corrected chi connectivity index (χ3v) is 4.84. The molecular weight excluding hydrogens is 308 g/mol. The Labute approximate surface area is 129 Å². The van der Waals surface area contributed by atoms with Crippen LogP contribution in [0.1, 0.15) is 36.0 Å². The number of amides is 1. The number of nitro benzene ring substituents is 1. The van der Waals surface area contributed by atoms with Gasteiger partial charge in [-0.15, -0.1) is 0 Å². The Balaban J connectivity index is 2.38. The molecule has 1 heterocycles. The van der Waals surface area contributed by atoms with Crippen molar-refractivity contribution in [1.29, 1.82) is 0 Å². The second-order valence-electron chi connectivity index (χ2n) is 5.42. The molecule has 1 amide bonds. The predicted octanol–water partition coefficient (Wildman–Crippen LogP) is 2.01. The van der Waals surface area contributed by atoms with Crippen molar-refractivity contribution in [2.24, 2.45) is 0 Å². The molecule has 0 aliphatic carbocycles. The first-order valence-corrected chi connectivity index (χ1v) is 8.97. The second kappa shape index (κ2) is 6.43. The van der Waals surface area contributed by atoms with Crippen molar-refractivity contribution < 1.29 is 18.1 Å². The van der Waals surface area contributed by atoms with Gasteiger partial charge in [0.1, 0.15) is 4.90 Å². The lowest BCUT2D eigenvalue weighted by Crippen LogP contribution is -2.31. The van der Waals surface area contributed by atoms with Crippen LogP contribution >= 0.6 is 0 Å². The van der Waals surface area contributed by atoms with Gasteiger partial charge in [-0.3, -0.25) is 14.9 Å². The summed E-state index contributed by atoms with van der Waals surface area (Å²) < 4.78 is 23.2. The van der Waals surface area contributed by atoms with E-state index in [1.807, 2.05) is 0 Å². The van der Waals surface area contributed by atoms with E-state index in [1.54, 1.807) is 4.90 Å². The monoisotopic (exact) mass is 326 g/mol. The number of sulfone groups is 1. The standard InChI is InChI=1S/C14H18N2O5S/c1-22(20,21)13-7-6-11(10-12(13)16(18)19)14(17)15-8-4-2-3-5-9-15/h6-7,10H,2-5,8-9H2,1H3. The lowest BCUT2D eigenvalue weighted by molar-refractivity contribution is -0.387. The summed E-state index contributed by atoms with van der Waals surface area (Å²) in [6.45, 7) is 1.25.